The van der Waals surface area contributed by atoms with Crippen molar-refractivity contribution in [3.63, 3.8) is 0 Å². The number of rotatable bonds is 6. The predicted octanol–water partition coefficient (Wildman–Crippen LogP) is 2.69. The van der Waals surface area contributed by atoms with E-state index in [-0.39, 0.29) is 22.4 Å². The van der Waals surface area contributed by atoms with Gasteiger partial charge in [0.1, 0.15) is 17.5 Å². The third-order valence-electron chi connectivity index (χ3n) is 3.95. The topological polar surface area (TPSA) is 103 Å². The zero-order chi connectivity index (χ0) is 19.8. The summed E-state index contributed by atoms with van der Waals surface area (Å²) in [6, 6.07) is 2.93. The minimum absolute atomic E-state index is 0.157. The summed E-state index contributed by atoms with van der Waals surface area (Å²) in [7, 11) is -4.01. The van der Waals surface area contributed by atoms with E-state index in [2.05, 4.69) is 20.0 Å². The van der Waals surface area contributed by atoms with Crippen molar-refractivity contribution in [3.05, 3.63) is 53.7 Å². The van der Waals surface area contributed by atoms with E-state index in [1.807, 2.05) is 20.8 Å². The van der Waals surface area contributed by atoms with Crippen molar-refractivity contribution < 1.29 is 17.3 Å². The molecule has 3 aromatic rings. The van der Waals surface area contributed by atoms with Gasteiger partial charge in [0.25, 0.3) is 0 Å². The van der Waals surface area contributed by atoms with E-state index in [1.54, 1.807) is 19.3 Å². The molecule has 2 aromatic heterocycles. The van der Waals surface area contributed by atoms with E-state index in [4.69, 9.17) is 4.52 Å². The number of halogens is 1. The first-order valence-electron chi connectivity index (χ1n) is 8.31. The summed E-state index contributed by atoms with van der Waals surface area (Å²) in [5.41, 5.74) is 1.03. The summed E-state index contributed by atoms with van der Waals surface area (Å²) in [5, 5.41) is 7.73. The molecule has 144 valence electrons. The molecule has 0 aliphatic carbocycles. The van der Waals surface area contributed by atoms with Crippen LogP contribution in [0.4, 0.5) is 4.39 Å². The molecule has 0 spiro atoms. The Morgan fingerprint density at radius 1 is 1.26 bits per heavy atom. The van der Waals surface area contributed by atoms with Crippen LogP contribution in [0.15, 0.2) is 40.0 Å². The molecule has 0 fully saturated rings. The SMILES string of the molecule is Cc1cnn(-c2ccc(S(=O)(=O)NC(c3nc(C)no3)C(C)C)cc2F)c1. The molecule has 0 saturated heterocycles. The van der Waals surface area contributed by atoms with Crippen LogP contribution in [-0.2, 0) is 10.0 Å². The lowest BCUT2D eigenvalue weighted by atomic mass is 10.1. The molecule has 0 saturated carbocycles. The molecule has 1 N–H and O–H groups in total. The van der Waals surface area contributed by atoms with Gasteiger partial charge in [-0.15, -0.1) is 0 Å². The molecule has 2 heterocycles. The van der Waals surface area contributed by atoms with Gasteiger partial charge in [-0.3, -0.25) is 0 Å². The molecule has 0 bridgehead atoms. The highest BCUT2D eigenvalue weighted by Crippen LogP contribution is 2.24. The quantitative estimate of drug-likeness (QED) is 0.691. The lowest BCUT2D eigenvalue weighted by Crippen LogP contribution is -2.32. The first-order chi connectivity index (χ1) is 12.7. The van der Waals surface area contributed by atoms with Crippen LogP contribution in [0.2, 0.25) is 0 Å². The van der Waals surface area contributed by atoms with Gasteiger partial charge >= 0.3 is 0 Å². The maximum Gasteiger partial charge on any atom is 0.245 e. The second-order valence-electron chi connectivity index (χ2n) is 6.60. The largest absolute Gasteiger partial charge is 0.338 e. The van der Waals surface area contributed by atoms with Crippen molar-refractivity contribution in [1.29, 1.82) is 0 Å². The fourth-order valence-corrected chi connectivity index (χ4v) is 3.88. The fraction of sp³-hybridized carbons (Fsp3) is 0.353. The van der Waals surface area contributed by atoms with Crippen molar-refractivity contribution in [3.8, 4) is 5.69 Å². The van der Waals surface area contributed by atoms with Crippen LogP contribution in [0.1, 0.15) is 37.2 Å². The van der Waals surface area contributed by atoms with Gasteiger partial charge < -0.3 is 4.52 Å². The highest BCUT2D eigenvalue weighted by Gasteiger charge is 2.28. The Morgan fingerprint density at radius 2 is 2.00 bits per heavy atom. The first-order valence-corrected chi connectivity index (χ1v) is 9.79. The minimum Gasteiger partial charge on any atom is -0.338 e. The molecular weight excluding hydrogens is 373 g/mol. The third-order valence-corrected chi connectivity index (χ3v) is 5.38. The molecule has 0 amide bonds. The average molecular weight is 393 g/mol. The average Bonchev–Trinajstić information content (AvgIpc) is 3.21. The van der Waals surface area contributed by atoms with Crippen molar-refractivity contribution >= 4 is 10.0 Å². The van der Waals surface area contributed by atoms with Crippen LogP contribution < -0.4 is 4.72 Å². The van der Waals surface area contributed by atoms with Crippen molar-refractivity contribution in [2.24, 2.45) is 5.92 Å². The molecule has 1 aromatic carbocycles. The van der Waals surface area contributed by atoms with Gasteiger partial charge in [0.15, 0.2) is 5.82 Å². The first kappa shape index (κ1) is 19.2. The van der Waals surface area contributed by atoms with E-state index in [0.717, 1.165) is 11.6 Å². The summed E-state index contributed by atoms with van der Waals surface area (Å²) in [5.74, 6) is -0.290. The maximum atomic E-state index is 14.5. The number of aryl methyl sites for hydroxylation is 2. The van der Waals surface area contributed by atoms with Gasteiger partial charge in [0.05, 0.1) is 11.1 Å². The van der Waals surface area contributed by atoms with Crippen molar-refractivity contribution in [1.82, 2.24) is 24.6 Å². The van der Waals surface area contributed by atoms with Gasteiger partial charge in [-0.05, 0) is 43.5 Å². The number of hydrogen-bond donors (Lipinski definition) is 1. The van der Waals surface area contributed by atoms with E-state index >= 15 is 0 Å². The predicted molar refractivity (Wildman–Crippen MR) is 95.2 cm³/mol. The number of nitrogens with one attached hydrogen (secondary N) is 1. The monoisotopic (exact) mass is 393 g/mol. The zero-order valence-electron chi connectivity index (χ0n) is 15.3. The van der Waals surface area contributed by atoms with Crippen LogP contribution in [0.5, 0.6) is 0 Å². The summed E-state index contributed by atoms with van der Waals surface area (Å²) in [6.45, 7) is 7.10. The Morgan fingerprint density at radius 3 is 2.52 bits per heavy atom. The molecule has 27 heavy (non-hydrogen) atoms. The van der Waals surface area contributed by atoms with Crippen LogP contribution in [0.3, 0.4) is 0 Å². The second kappa shape index (κ2) is 7.20. The molecule has 0 aliphatic heterocycles. The lowest BCUT2D eigenvalue weighted by Gasteiger charge is -2.18. The van der Waals surface area contributed by atoms with E-state index in [1.165, 1.54) is 16.8 Å². The number of nitrogens with zero attached hydrogens (tertiary/aromatic N) is 4. The molecule has 1 unspecified atom stereocenters. The van der Waals surface area contributed by atoms with Gasteiger partial charge in [0.2, 0.25) is 15.9 Å². The van der Waals surface area contributed by atoms with Crippen LogP contribution >= 0.6 is 0 Å². The third kappa shape index (κ3) is 4.06. The Bertz CT molecular complexity index is 1060. The molecule has 3 rings (SSSR count). The van der Waals surface area contributed by atoms with Gasteiger partial charge in [-0.2, -0.15) is 14.8 Å². The summed E-state index contributed by atoms with van der Waals surface area (Å²) < 4.78 is 49.0. The van der Waals surface area contributed by atoms with Crippen molar-refractivity contribution in [2.75, 3.05) is 0 Å². The van der Waals surface area contributed by atoms with E-state index in [9.17, 15) is 12.8 Å². The Balaban J connectivity index is 1.91. The Labute approximate surface area is 156 Å². The zero-order valence-corrected chi connectivity index (χ0v) is 16.2. The minimum atomic E-state index is -4.01. The summed E-state index contributed by atoms with van der Waals surface area (Å²) >= 11 is 0. The number of aromatic nitrogens is 4. The van der Waals surface area contributed by atoms with Gasteiger partial charge in [-0.25, -0.2) is 17.5 Å². The van der Waals surface area contributed by atoms with Crippen LogP contribution in [0, 0.1) is 25.6 Å². The molecule has 0 aliphatic rings. The summed E-state index contributed by atoms with van der Waals surface area (Å²) in [6.07, 6.45) is 3.24. The Kier molecular flexibility index (Phi) is 5.11. The summed E-state index contributed by atoms with van der Waals surface area (Å²) in [4.78, 5) is 3.89. The van der Waals surface area contributed by atoms with Gasteiger partial charge in [0, 0.05) is 6.20 Å². The molecule has 10 heteroatoms. The van der Waals surface area contributed by atoms with Gasteiger partial charge in [-0.1, -0.05) is 19.0 Å². The maximum absolute atomic E-state index is 14.5. The highest BCUT2D eigenvalue weighted by atomic mass is 32.2. The van der Waals surface area contributed by atoms with Crippen LogP contribution in [-0.4, -0.2) is 28.3 Å². The fourth-order valence-electron chi connectivity index (χ4n) is 2.53. The van der Waals surface area contributed by atoms with E-state index in [0.29, 0.717) is 5.82 Å². The molecule has 1 atom stereocenters. The second-order valence-corrected chi connectivity index (χ2v) is 8.31. The number of sulfonamides is 1. The lowest BCUT2D eigenvalue weighted by molar-refractivity contribution is 0.310. The standard InChI is InChI=1S/C17H20FN5O3S/c1-10(2)16(17-20-12(4)21-26-17)22-27(24,25)13-5-6-15(14(18)7-13)23-9-11(3)8-19-23/h5-10,16,22H,1-4H3. The number of hydrogen-bond acceptors (Lipinski definition) is 6. The number of benzene rings is 1. The Hall–Kier alpha value is -2.59. The smallest absolute Gasteiger partial charge is 0.245 e. The van der Waals surface area contributed by atoms with E-state index < -0.39 is 21.9 Å². The van der Waals surface area contributed by atoms with Crippen molar-refractivity contribution in [2.45, 2.75) is 38.6 Å². The molecule has 0 radical (unpaired) electrons. The highest BCUT2D eigenvalue weighted by molar-refractivity contribution is 7.89. The van der Waals surface area contributed by atoms with Crippen LogP contribution in [0.25, 0.3) is 5.69 Å². The molecule has 8 nitrogen and oxygen atoms in total. The molecular formula is C17H20FN5O3S. The normalized spacial score (nSPS) is 13.3.